The van der Waals surface area contributed by atoms with Gasteiger partial charge in [0.05, 0.1) is 5.02 Å². The average molecular weight is 229 g/mol. The fraction of sp³-hybridized carbons (Fsp3) is 0.364. The predicted octanol–water partition coefficient (Wildman–Crippen LogP) is 2.63. The summed E-state index contributed by atoms with van der Waals surface area (Å²) in [6.45, 7) is 1.98. The van der Waals surface area contributed by atoms with Crippen LogP contribution in [0.1, 0.15) is 24.5 Å². The van der Waals surface area contributed by atoms with Crippen LogP contribution < -0.4 is 0 Å². The number of halogens is 1. The van der Waals surface area contributed by atoms with E-state index in [0.717, 1.165) is 12.0 Å². The summed E-state index contributed by atoms with van der Waals surface area (Å²) in [5.41, 5.74) is 1.60. The van der Waals surface area contributed by atoms with Crippen molar-refractivity contribution in [3.05, 3.63) is 28.3 Å². The molecule has 0 spiro atoms. The van der Waals surface area contributed by atoms with E-state index in [-0.39, 0.29) is 17.2 Å². The quantitative estimate of drug-likeness (QED) is 0.833. The predicted molar refractivity (Wildman–Crippen MR) is 58.5 cm³/mol. The maximum absolute atomic E-state index is 10.4. The number of carboxylic acids is 1. The van der Waals surface area contributed by atoms with E-state index in [1.807, 2.05) is 6.92 Å². The Kier molecular flexibility index (Phi) is 3.97. The van der Waals surface area contributed by atoms with Crippen LogP contribution in [0.25, 0.3) is 0 Å². The van der Waals surface area contributed by atoms with Crippen LogP contribution in [0, 0.1) is 0 Å². The molecule has 1 aromatic carbocycles. The van der Waals surface area contributed by atoms with Gasteiger partial charge in [-0.15, -0.1) is 0 Å². The third-order valence-electron chi connectivity index (χ3n) is 2.22. The van der Waals surface area contributed by atoms with E-state index in [4.69, 9.17) is 16.7 Å². The molecular formula is C11H13ClO3. The number of aromatic hydroxyl groups is 1. The second-order valence-corrected chi connectivity index (χ2v) is 3.74. The lowest BCUT2D eigenvalue weighted by Crippen LogP contribution is -1.98. The second kappa shape index (κ2) is 5.03. The number of carbonyl (C=O) groups is 1. The normalized spacial score (nSPS) is 10.3. The summed E-state index contributed by atoms with van der Waals surface area (Å²) >= 11 is 5.82. The van der Waals surface area contributed by atoms with E-state index in [2.05, 4.69) is 0 Å². The number of aliphatic carboxylic acids is 1. The number of phenolic OH excluding ortho intramolecular Hbond substituents is 1. The Morgan fingerprint density at radius 2 is 2.13 bits per heavy atom. The molecule has 0 aliphatic heterocycles. The van der Waals surface area contributed by atoms with Crippen molar-refractivity contribution in [2.24, 2.45) is 0 Å². The zero-order valence-corrected chi connectivity index (χ0v) is 9.21. The first kappa shape index (κ1) is 11.9. The molecule has 0 aromatic heterocycles. The molecule has 0 atom stereocenters. The molecule has 0 bridgehead atoms. The molecule has 2 N–H and O–H groups in total. The van der Waals surface area contributed by atoms with Crippen LogP contribution in [0.5, 0.6) is 5.75 Å². The van der Waals surface area contributed by atoms with Crippen molar-refractivity contribution in [2.75, 3.05) is 0 Å². The number of rotatable bonds is 4. The Labute approximate surface area is 93.3 Å². The third kappa shape index (κ3) is 3.13. The van der Waals surface area contributed by atoms with Gasteiger partial charge in [-0.05, 0) is 30.0 Å². The van der Waals surface area contributed by atoms with E-state index >= 15 is 0 Å². The Bertz CT molecular complexity index is 374. The fourth-order valence-electron chi connectivity index (χ4n) is 1.35. The SMILES string of the molecule is CCc1cc(Cl)c(O)c(CCC(=O)O)c1. The highest BCUT2D eigenvalue weighted by Gasteiger charge is 2.09. The molecule has 0 aliphatic carbocycles. The topological polar surface area (TPSA) is 57.5 Å². The minimum atomic E-state index is -0.882. The maximum Gasteiger partial charge on any atom is 0.303 e. The van der Waals surface area contributed by atoms with Crippen LogP contribution in [0.2, 0.25) is 5.02 Å². The number of benzene rings is 1. The zero-order valence-electron chi connectivity index (χ0n) is 8.46. The highest BCUT2D eigenvalue weighted by atomic mass is 35.5. The largest absolute Gasteiger partial charge is 0.506 e. The standard InChI is InChI=1S/C11H13ClO3/c1-2-7-5-8(3-4-10(13)14)11(15)9(12)6-7/h5-6,15H,2-4H2,1H3,(H,13,14). The van der Waals surface area contributed by atoms with Gasteiger partial charge in [0.25, 0.3) is 0 Å². The molecule has 0 heterocycles. The smallest absolute Gasteiger partial charge is 0.303 e. The molecule has 1 aromatic rings. The van der Waals surface area contributed by atoms with Crippen molar-refractivity contribution in [2.45, 2.75) is 26.2 Å². The Hall–Kier alpha value is -1.22. The Morgan fingerprint density at radius 3 is 2.67 bits per heavy atom. The van der Waals surface area contributed by atoms with Crippen LogP contribution >= 0.6 is 11.6 Å². The van der Waals surface area contributed by atoms with Gasteiger partial charge in [-0.3, -0.25) is 4.79 Å². The molecular weight excluding hydrogens is 216 g/mol. The first-order chi connectivity index (χ1) is 7.04. The van der Waals surface area contributed by atoms with Gasteiger partial charge in [0, 0.05) is 6.42 Å². The molecule has 15 heavy (non-hydrogen) atoms. The highest BCUT2D eigenvalue weighted by Crippen LogP contribution is 2.30. The number of aryl methyl sites for hydroxylation is 2. The first-order valence-electron chi connectivity index (χ1n) is 4.76. The van der Waals surface area contributed by atoms with Crippen molar-refractivity contribution < 1.29 is 15.0 Å². The van der Waals surface area contributed by atoms with Crippen molar-refractivity contribution in [1.29, 1.82) is 0 Å². The van der Waals surface area contributed by atoms with Crippen molar-refractivity contribution in [3.8, 4) is 5.75 Å². The summed E-state index contributed by atoms with van der Waals surface area (Å²) in [7, 11) is 0. The Balaban J connectivity index is 2.94. The minimum absolute atomic E-state index is 0.00292. The second-order valence-electron chi connectivity index (χ2n) is 3.33. The van der Waals surface area contributed by atoms with E-state index in [0.29, 0.717) is 12.0 Å². The van der Waals surface area contributed by atoms with Gasteiger partial charge in [-0.2, -0.15) is 0 Å². The van der Waals surface area contributed by atoms with Gasteiger partial charge in [-0.25, -0.2) is 0 Å². The van der Waals surface area contributed by atoms with Crippen molar-refractivity contribution >= 4 is 17.6 Å². The van der Waals surface area contributed by atoms with Gasteiger partial charge in [-0.1, -0.05) is 24.6 Å². The fourth-order valence-corrected chi connectivity index (χ4v) is 1.62. The monoisotopic (exact) mass is 228 g/mol. The van der Waals surface area contributed by atoms with Crippen molar-refractivity contribution in [1.82, 2.24) is 0 Å². The molecule has 1 rings (SSSR count). The first-order valence-corrected chi connectivity index (χ1v) is 5.14. The number of hydrogen-bond donors (Lipinski definition) is 2. The van der Waals surface area contributed by atoms with E-state index in [9.17, 15) is 9.90 Å². The molecule has 0 saturated heterocycles. The Morgan fingerprint density at radius 1 is 1.47 bits per heavy atom. The maximum atomic E-state index is 10.4. The number of carboxylic acid groups (broad SMARTS) is 1. The molecule has 0 unspecified atom stereocenters. The van der Waals surface area contributed by atoms with Crippen molar-refractivity contribution in [3.63, 3.8) is 0 Å². The summed E-state index contributed by atoms with van der Waals surface area (Å²) in [5.74, 6) is -0.887. The van der Waals surface area contributed by atoms with Crippen LogP contribution in [-0.4, -0.2) is 16.2 Å². The lowest BCUT2D eigenvalue weighted by atomic mass is 10.0. The van der Waals surface area contributed by atoms with Crippen LogP contribution in [0.15, 0.2) is 12.1 Å². The average Bonchev–Trinajstić information content (AvgIpc) is 2.19. The van der Waals surface area contributed by atoms with Gasteiger partial charge in [0.2, 0.25) is 0 Å². The third-order valence-corrected chi connectivity index (χ3v) is 2.51. The summed E-state index contributed by atoms with van der Waals surface area (Å²) < 4.78 is 0. The summed E-state index contributed by atoms with van der Waals surface area (Å²) in [5, 5.41) is 18.4. The molecule has 0 radical (unpaired) electrons. The van der Waals surface area contributed by atoms with E-state index < -0.39 is 5.97 Å². The summed E-state index contributed by atoms with van der Waals surface area (Å²) in [4.78, 5) is 10.4. The molecule has 82 valence electrons. The molecule has 3 nitrogen and oxygen atoms in total. The molecule has 4 heteroatoms. The van der Waals surface area contributed by atoms with Gasteiger partial charge < -0.3 is 10.2 Å². The highest BCUT2D eigenvalue weighted by molar-refractivity contribution is 6.32. The lowest BCUT2D eigenvalue weighted by Gasteiger charge is -2.07. The number of phenols is 1. The summed E-state index contributed by atoms with van der Waals surface area (Å²) in [6, 6.07) is 3.49. The van der Waals surface area contributed by atoms with E-state index in [1.165, 1.54) is 0 Å². The molecule has 0 amide bonds. The van der Waals surface area contributed by atoms with Gasteiger partial charge in [0.1, 0.15) is 5.75 Å². The molecule has 0 fully saturated rings. The van der Waals surface area contributed by atoms with Gasteiger partial charge in [0.15, 0.2) is 0 Å². The summed E-state index contributed by atoms with van der Waals surface area (Å²) in [6.07, 6.45) is 1.10. The van der Waals surface area contributed by atoms with Crippen LogP contribution in [-0.2, 0) is 17.6 Å². The van der Waals surface area contributed by atoms with Crippen LogP contribution in [0.3, 0.4) is 0 Å². The van der Waals surface area contributed by atoms with Crippen LogP contribution in [0.4, 0.5) is 0 Å². The zero-order chi connectivity index (χ0) is 11.4. The lowest BCUT2D eigenvalue weighted by molar-refractivity contribution is -0.136. The van der Waals surface area contributed by atoms with Gasteiger partial charge >= 0.3 is 5.97 Å². The van der Waals surface area contributed by atoms with E-state index in [1.54, 1.807) is 12.1 Å². The minimum Gasteiger partial charge on any atom is -0.506 e. The number of hydrogen-bond acceptors (Lipinski definition) is 2. The molecule has 0 saturated carbocycles. The molecule has 0 aliphatic rings.